The second-order valence-electron chi connectivity index (χ2n) is 4.75. The first kappa shape index (κ1) is 14.9. The van der Waals surface area contributed by atoms with Crippen molar-refractivity contribution in [2.75, 3.05) is 0 Å². The molecule has 0 saturated carbocycles. The molecule has 20 heavy (non-hydrogen) atoms. The maximum absolute atomic E-state index is 9.55. The van der Waals surface area contributed by atoms with Gasteiger partial charge in [-0.3, -0.25) is 9.98 Å². The number of pyridine rings is 1. The van der Waals surface area contributed by atoms with E-state index in [-0.39, 0.29) is 0 Å². The summed E-state index contributed by atoms with van der Waals surface area (Å²) in [6.45, 7) is 4.07. The van der Waals surface area contributed by atoms with Crippen molar-refractivity contribution in [2.24, 2.45) is 4.99 Å². The smallest absolute Gasteiger partial charge is 0.113 e. The van der Waals surface area contributed by atoms with Crippen molar-refractivity contribution in [1.29, 1.82) is 0 Å². The van der Waals surface area contributed by atoms with Gasteiger partial charge in [0.05, 0.1) is 5.04 Å². The van der Waals surface area contributed by atoms with Crippen LogP contribution in [0.2, 0.25) is 0 Å². The van der Waals surface area contributed by atoms with Crippen molar-refractivity contribution >= 4 is 16.8 Å². The lowest BCUT2D eigenvalue weighted by Gasteiger charge is -2.10. The Morgan fingerprint density at radius 3 is 3.00 bits per heavy atom. The summed E-state index contributed by atoms with van der Waals surface area (Å²) >= 11 is 1.78. The molecule has 2 rings (SSSR count). The fourth-order valence-corrected chi connectivity index (χ4v) is 3.16. The molecule has 3 nitrogen and oxygen atoms in total. The van der Waals surface area contributed by atoms with Crippen LogP contribution in [0.3, 0.4) is 0 Å². The van der Waals surface area contributed by atoms with Gasteiger partial charge in [0, 0.05) is 29.9 Å². The second kappa shape index (κ2) is 7.29. The van der Waals surface area contributed by atoms with Gasteiger partial charge in [-0.05, 0) is 49.5 Å². The Kier molecular flexibility index (Phi) is 5.41. The first-order valence-electron chi connectivity index (χ1n) is 6.88. The minimum Gasteiger partial charge on any atom is -0.508 e. The van der Waals surface area contributed by atoms with Crippen LogP contribution in [0, 0.1) is 0 Å². The number of hydrogen-bond donors (Lipinski definition) is 1. The number of aliphatic hydroxyl groups excluding tert-OH is 1. The summed E-state index contributed by atoms with van der Waals surface area (Å²) in [6.07, 6.45) is 10.1. The molecule has 0 amide bonds. The zero-order valence-electron chi connectivity index (χ0n) is 12.0. The highest BCUT2D eigenvalue weighted by molar-refractivity contribution is 8.13. The standard InChI is InChI=1S/C16H20N2OS/c1-3-13-10-17-8-7-14(13)11-20-16-6-4-5-15(19)9-12(2)18-16/h5,7-10,19H,3-4,6,11H2,1-2H3/b12-9-,15-5+,18-16+. The molecule has 1 aliphatic rings. The first-order chi connectivity index (χ1) is 9.69. The van der Waals surface area contributed by atoms with E-state index < -0.39 is 0 Å². The fraction of sp³-hybridized carbons (Fsp3) is 0.375. The van der Waals surface area contributed by atoms with E-state index in [1.54, 1.807) is 17.8 Å². The van der Waals surface area contributed by atoms with Crippen LogP contribution in [0.15, 0.2) is 47.1 Å². The number of rotatable bonds is 3. The highest BCUT2D eigenvalue weighted by Crippen LogP contribution is 2.22. The molecule has 0 unspecified atom stereocenters. The van der Waals surface area contributed by atoms with Crippen molar-refractivity contribution < 1.29 is 5.11 Å². The molecular formula is C16H20N2OS. The molecule has 0 radical (unpaired) electrons. The van der Waals surface area contributed by atoms with Crippen LogP contribution in [-0.2, 0) is 12.2 Å². The van der Waals surface area contributed by atoms with Crippen LogP contribution in [0.1, 0.15) is 37.8 Å². The summed E-state index contributed by atoms with van der Waals surface area (Å²) in [5.74, 6) is 1.24. The number of nitrogens with zero attached hydrogens (tertiary/aromatic N) is 2. The zero-order chi connectivity index (χ0) is 14.4. The van der Waals surface area contributed by atoms with Crippen molar-refractivity contribution in [3.63, 3.8) is 0 Å². The second-order valence-corrected chi connectivity index (χ2v) is 5.79. The van der Waals surface area contributed by atoms with Gasteiger partial charge in [-0.25, -0.2) is 0 Å². The van der Waals surface area contributed by atoms with E-state index in [0.29, 0.717) is 5.76 Å². The quantitative estimate of drug-likeness (QED) is 0.895. The molecule has 0 fully saturated rings. The summed E-state index contributed by atoms with van der Waals surface area (Å²) in [5.41, 5.74) is 3.49. The Hall–Kier alpha value is -1.55. The minimum atomic E-state index is 0.317. The number of allylic oxidation sites excluding steroid dienone is 3. The summed E-state index contributed by atoms with van der Waals surface area (Å²) in [7, 11) is 0. The average molecular weight is 288 g/mol. The maximum Gasteiger partial charge on any atom is 0.113 e. The van der Waals surface area contributed by atoms with E-state index in [4.69, 9.17) is 0 Å². The van der Waals surface area contributed by atoms with Crippen molar-refractivity contribution in [3.05, 3.63) is 53.2 Å². The maximum atomic E-state index is 9.55. The number of aliphatic hydroxyl groups is 1. The third-order valence-corrected chi connectivity index (χ3v) is 4.23. The molecule has 1 aromatic rings. The summed E-state index contributed by atoms with van der Waals surface area (Å²) < 4.78 is 0. The summed E-state index contributed by atoms with van der Waals surface area (Å²) in [6, 6.07) is 2.09. The number of aliphatic imine (C=N–C) groups is 1. The Labute approximate surface area is 124 Å². The van der Waals surface area contributed by atoms with E-state index in [0.717, 1.165) is 35.8 Å². The number of aryl methyl sites for hydroxylation is 1. The average Bonchev–Trinajstić information content (AvgIpc) is 2.42. The van der Waals surface area contributed by atoms with Gasteiger partial charge in [0.25, 0.3) is 0 Å². The third-order valence-electron chi connectivity index (χ3n) is 3.15. The molecule has 0 aliphatic carbocycles. The van der Waals surface area contributed by atoms with Gasteiger partial charge in [0.1, 0.15) is 5.76 Å². The zero-order valence-corrected chi connectivity index (χ0v) is 12.8. The predicted molar refractivity (Wildman–Crippen MR) is 86.0 cm³/mol. The highest BCUT2D eigenvalue weighted by Gasteiger charge is 2.07. The third kappa shape index (κ3) is 4.23. The van der Waals surface area contributed by atoms with Gasteiger partial charge in [-0.1, -0.05) is 6.92 Å². The van der Waals surface area contributed by atoms with E-state index in [9.17, 15) is 5.11 Å². The molecule has 2 heterocycles. The normalized spacial score (nSPS) is 23.6. The SMILES string of the molecule is CCc1cnccc1CS/C1=N/C(C)=C\C(O)=C/CC1. The van der Waals surface area contributed by atoms with Crippen LogP contribution in [0.4, 0.5) is 0 Å². The van der Waals surface area contributed by atoms with Crippen molar-refractivity contribution in [3.8, 4) is 0 Å². The molecule has 4 heteroatoms. The first-order valence-corrected chi connectivity index (χ1v) is 7.87. The Morgan fingerprint density at radius 1 is 1.35 bits per heavy atom. The van der Waals surface area contributed by atoms with E-state index >= 15 is 0 Å². The molecule has 0 aromatic carbocycles. The lowest BCUT2D eigenvalue weighted by molar-refractivity contribution is 0.428. The van der Waals surface area contributed by atoms with E-state index in [2.05, 4.69) is 23.0 Å². The summed E-state index contributed by atoms with van der Waals surface area (Å²) in [4.78, 5) is 8.76. The van der Waals surface area contributed by atoms with E-state index in [1.165, 1.54) is 11.1 Å². The van der Waals surface area contributed by atoms with Gasteiger partial charge in [-0.2, -0.15) is 0 Å². The Balaban J connectivity index is 2.05. The topological polar surface area (TPSA) is 45.5 Å². The minimum absolute atomic E-state index is 0.317. The molecule has 1 aliphatic heterocycles. The lowest BCUT2D eigenvalue weighted by atomic mass is 10.1. The largest absolute Gasteiger partial charge is 0.508 e. The number of hydrogen-bond acceptors (Lipinski definition) is 4. The van der Waals surface area contributed by atoms with Gasteiger partial charge in [-0.15, -0.1) is 11.8 Å². The molecule has 1 N–H and O–H groups in total. The predicted octanol–water partition coefficient (Wildman–Crippen LogP) is 4.42. The van der Waals surface area contributed by atoms with Crippen molar-refractivity contribution in [1.82, 2.24) is 4.98 Å². The van der Waals surface area contributed by atoms with Gasteiger partial charge >= 0.3 is 0 Å². The van der Waals surface area contributed by atoms with Crippen LogP contribution in [0.5, 0.6) is 0 Å². The van der Waals surface area contributed by atoms with Gasteiger partial charge < -0.3 is 5.11 Å². The molecular weight excluding hydrogens is 268 g/mol. The van der Waals surface area contributed by atoms with Crippen LogP contribution < -0.4 is 0 Å². The van der Waals surface area contributed by atoms with Crippen molar-refractivity contribution in [2.45, 2.75) is 38.9 Å². The lowest BCUT2D eigenvalue weighted by Crippen LogP contribution is -1.99. The Morgan fingerprint density at radius 2 is 2.20 bits per heavy atom. The molecule has 0 bridgehead atoms. The Bertz CT molecular complexity index is 561. The van der Waals surface area contributed by atoms with Gasteiger partial charge in [0.2, 0.25) is 0 Å². The monoisotopic (exact) mass is 288 g/mol. The van der Waals surface area contributed by atoms with E-state index in [1.807, 2.05) is 25.4 Å². The fourth-order valence-electron chi connectivity index (χ4n) is 2.08. The number of aromatic nitrogens is 1. The molecule has 0 saturated heterocycles. The molecule has 106 valence electrons. The molecule has 1 aromatic heterocycles. The highest BCUT2D eigenvalue weighted by atomic mass is 32.2. The van der Waals surface area contributed by atoms with Crippen LogP contribution in [-0.4, -0.2) is 15.1 Å². The van der Waals surface area contributed by atoms with Crippen LogP contribution >= 0.6 is 11.8 Å². The molecule has 0 spiro atoms. The summed E-state index contributed by atoms with van der Waals surface area (Å²) in [5, 5.41) is 10.7. The van der Waals surface area contributed by atoms with Crippen LogP contribution in [0.25, 0.3) is 0 Å². The number of thioether (sulfide) groups is 1. The molecule has 0 atom stereocenters. The van der Waals surface area contributed by atoms with Gasteiger partial charge in [0.15, 0.2) is 0 Å².